The maximum Gasteiger partial charge on any atom is 0.490 e. The Bertz CT molecular complexity index is 1530. The molecule has 1 aliphatic rings. The monoisotopic (exact) mass is 727 g/mol. The Kier molecular flexibility index (Phi) is 18.1. The highest BCUT2D eigenvalue weighted by molar-refractivity contribution is 5.96. The number of nitrogens with zero attached hydrogens (tertiary/aromatic N) is 3. The van der Waals surface area contributed by atoms with Crippen LogP contribution in [0.5, 0.6) is 5.75 Å². The Labute approximate surface area is 304 Å². The number of nitrogens with one attached hydrogen (secondary N) is 1. The molecule has 284 valence electrons. The fourth-order valence-electron chi connectivity index (χ4n) is 5.48. The minimum atomic E-state index is -5.08. The summed E-state index contributed by atoms with van der Waals surface area (Å²) in [5.41, 5.74) is 11.8. The molecule has 0 aliphatic carbocycles. The van der Waals surface area contributed by atoms with E-state index in [-0.39, 0.29) is 11.9 Å². The lowest BCUT2D eigenvalue weighted by atomic mass is 9.99. The van der Waals surface area contributed by atoms with Gasteiger partial charge in [0.2, 0.25) is 5.91 Å². The Hall–Kier alpha value is -4.46. The first-order valence-electron chi connectivity index (χ1n) is 17.7. The summed E-state index contributed by atoms with van der Waals surface area (Å²) in [7, 11) is 1.70. The molecule has 3 aromatic rings. The molecule has 0 bridgehead atoms. The topological polar surface area (TPSA) is 130 Å². The van der Waals surface area contributed by atoms with E-state index in [0.29, 0.717) is 32.6 Å². The van der Waals surface area contributed by atoms with E-state index >= 15 is 0 Å². The van der Waals surface area contributed by atoms with Crippen LogP contribution in [-0.2, 0) is 33.7 Å². The first-order chi connectivity index (χ1) is 25.0. The van der Waals surface area contributed by atoms with Crippen LogP contribution in [0.2, 0.25) is 0 Å². The molecule has 0 saturated carbocycles. The van der Waals surface area contributed by atoms with E-state index < -0.39 is 12.1 Å². The molecule has 3 aromatic carbocycles. The minimum absolute atomic E-state index is 0.136. The van der Waals surface area contributed by atoms with Crippen LogP contribution in [-0.4, -0.2) is 98.5 Å². The lowest BCUT2D eigenvalue weighted by molar-refractivity contribution is -0.192. The number of alkyl halides is 3. The first-order valence-corrected chi connectivity index (χ1v) is 17.7. The smallest absolute Gasteiger partial charge is 0.490 e. The van der Waals surface area contributed by atoms with Crippen LogP contribution in [0.1, 0.15) is 49.3 Å². The average molecular weight is 728 g/mol. The maximum atomic E-state index is 12.4. The summed E-state index contributed by atoms with van der Waals surface area (Å²) < 4.78 is 43.2. The van der Waals surface area contributed by atoms with Gasteiger partial charge in [-0.05, 0) is 47.6 Å². The fourth-order valence-corrected chi connectivity index (χ4v) is 5.48. The Morgan fingerprint density at radius 1 is 0.885 bits per heavy atom. The van der Waals surface area contributed by atoms with Gasteiger partial charge in [-0.2, -0.15) is 13.2 Å². The number of rotatable bonds is 17. The molecule has 52 heavy (non-hydrogen) atoms. The average Bonchev–Trinajstić information content (AvgIpc) is 3.13. The number of aliphatic imine (C=N–C) groups is 1. The van der Waals surface area contributed by atoms with Gasteiger partial charge in [0.1, 0.15) is 5.75 Å². The molecule has 0 aromatic heterocycles. The number of guanidine groups is 1. The molecule has 1 fully saturated rings. The van der Waals surface area contributed by atoms with Gasteiger partial charge in [0.05, 0.1) is 6.61 Å². The van der Waals surface area contributed by atoms with Gasteiger partial charge in [0.15, 0.2) is 5.96 Å². The number of benzene rings is 3. The van der Waals surface area contributed by atoms with Crippen LogP contribution in [0.3, 0.4) is 0 Å². The van der Waals surface area contributed by atoms with E-state index in [2.05, 4.69) is 99.8 Å². The lowest BCUT2D eigenvalue weighted by Crippen LogP contribution is -2.46. The predicted molar refractivity (Wildman–Crippen MR) is 197 cm³/mol. The number of carbonyl (C=O) groups is 2. The number of ether oxygens (including phenoxy) is 2. The number of hydrogen-bond donors (Lipinski definition) is 3. The van der Waals surface area contributed by atoms with Gasteiger partial charge in [-0.3, -0.25) is 20.0 Å². The number of carboxylic acid groups (broad SMARTS) is 1. The number of halogens is 3. The summed E-state index contributed by atoms with van der Waals surface area (Å²) in [6.07, 6.45) is -0.276. The van der Waals surface area contributed by atoms with E-state index in [1.165, 1.54) is 11.1 Å². The van der Waals surface area contributed by atoms with Crippen molar-refractivity contribution in [3.8, 4) is 16.9 Å². The standard InChI is InChI=1S/C37H51N5O3.C2HF3O2/c1-3-4-20-39-37(38)40-36(43)18-14-31-13-17-34(35(28-31)45-27-8-26-44-2)33-15-11-32(12-16-33)29-42-24-22-41(23-25-42)21-19-30-9-6-5-7-10-30;3-2(4,5)1(6)7/h5-7,9-13,15-17,28H,3-4,8,14,18-27,29H2,1-2H3,(H3,38,39,40,43);(H,6,7). The van der Waals surface area contributed by atoms with Crippen LogP contribution < -0.4 is 15.8 Å². The van der Waals surface area contributed by atoms with Gasteiger partial charge in [-0.15, -0.1) is 0 Å². The van der Waals surface area contributed by atoms with Crippen molar-refractivity contribution < 1.29 is 37.3 Å². The largest absolute Gasteiger partial charge is 0.493 e. The van der Waals surface area contributed by atoms with Crippen molar-refractivity contribution in [3.05, 3.63) is 89.5 Å². The molecule has 0 radical (unpaired) electrons. The van der Waals surface area contributed by atoms with Gasteiger partial charge in [-0.25, -0.2) is 4.79 Å². The van der Waals surface area contributed by atoms with Crippen molar-refractivity contribution in [2.75, 3.05) is 59.6 Å². The predicted octanol–water partition coefficient (Wildman–Crippen LogP) is 5.93. The third-order valence-electron chi connectivity index (χ3n) is 8.44. The van der Waals surface area contributed by atoms with Crippen LogP contribution in [0.15, 0.2) is 77.8 Å². The number of unbranched alkanes of at least 4 members (excludes halogenated alkanes) is 1. The second-order valence-electron chi connectivity index (χ2n) is 12.5. The van der Waals surface area contributed by atoms with E-state index in [1.807, 2.05) is 0 Å². The van der Waals surface area contributed by atoms with Crippen LogP contribution in [0.4, 0.5) is 13.2 Å². The van der Waals surface area contributed by atoms with Crippen molar-refractivity contribution >= 4 is 17.8 Å². The molecule has 10 nitrogen and oxygen atoms in total. The Balaban J connectivity index is 0.000000944. The summed E-state index contributed by atoms with van der Waals surface area (Å²) in [5.74, 6) is -1.88. The molecule has 1 amide bonds. The number of aliphatic carboxylic acids is 1. The van der Waals surface area contributed by atoms with Crippen LogP contribution in [0.25, 0.3) is 11.1 Å². The highest BCUT2D eigenvalue weighted by Crippen LogP contribution is 2.32. The Morgan fingerprint density at radius 2 is 1.54 bits per heavy atom. The molecule has 1 heterocycles. The second-order valence-corrected chi connectivity index (χ2v) is 12.5. The molecule has 1 aliphatic heterocycles. The second kappa shape index (κ2) is 22.5. The summed E-state index contributed by atoms with van der Waals surface area (Å²) in [6, 6.07) is 25.8. The maximum absolute atomic E-state index is 12.4. The lowest BCUT2D eigenvalue weighted by Gasteiger charge is -2.34. The fraction of sp³-hybridized carbons (Fsp3) is 0.462. The van der Waals surface area contributed by atoms with Gasteiger partial charge in [0, 0.05) is 77.9 Å². The van der Waals surface area contributed by atoms with E-state index in [0.717, 1.165) is 87.4 Å². The molecule has 1 saturated heterocycles. The van der Waals surface area contributed by atoms with Crippen molar-refractivity contribution in [1.29, 1.82) is 0 Å². The highest BCUT2D eigenvalue weighted by atomic mass is 19.4. The summed E-state index contributed by atoms with van der Waals surface area (Å²) in [4.78, 5) is 30.7. The van der Waals surface area contributed by atoms with Crippen LogP contribution >= 0.6 is 0 Å². The number of nitrogens with two attached hydrogens (primary N) is 1. The number of carboxylic acids is 1. The van der Waals surface area contributed by atoms with Gasteiger partial charge in [-0.1, -0.05) is 80.1 Å². The molecule has 0 atom stereocenters. The number of piperazine rings is 1. The van der Waals surface area contributed by atoms with Gasteiger partial charge in [0.25, 0.3) is 0 Å². The number of aryl methyl sites for hydroxylation is 1. The minimum Gasteiger partial charge on any atom is -0.493 e. The third-order valence-corrected chi connectivity index (χ3v) is 8.44. The SMILES string of the molecule is CCCCN=C(N)NC(=O)CCc1ccc(-c2ccc(CN3CCN(CCc4ccccc4)CC3)cc2)c(OCCCOC)c1.O=C(O)C(F)(F)F. The molecule has 13 heteroatoms. The van der Waals surface area contributed by atoms with Gasteiger partial charge >= 0.3 is 12.1 Å². The molecular formula is C39H52F3N5O5. The normalized spacial score (nSPS) is 14.0. The zero-order chi connectivity index (χ0) is 37.8. The van der Waals surface area contributed by atoms with Crippen molar-refractivity contribution in [2.45, 2.75) is 58.2 Å². The summed E-state index contributed by atoms with van der Waals surface area (Å²) >= 11 is 0. The quantitative estimate of drug-likeness (QED) is 0.0888. The van der Waals surface area contributed by atoms with E-state index in [4.69, 9.17) is 25.1 Å². The van der Waals surface area contributed by atoms with Crippen molar-refractivity contribution in [3.63, 3.8) is 0 Å². The number of hydrogen-bond acceptors (Lipinski definition) is 7. The summed E-state index contributed by atoms with van der Waals surface area (Å²) in [5, 5.41) is 9.82. The third kappa shape index (κ3) is 15.8. The highest BCUT2D eigenvalue weighted by Gasteiger charge is 2.38. The first kappa shape index (κ1) is 42.0. The molecule has 0 spiro atoms. The van der Waals surface area contributed by atoms with E-state index in [1.54, 1.807) is 7.11 Å². The van der Waals surface area contributed by atoms with Crippen molar-refractivity contribution in [1.82, 2.24) is 15.1 Å². The Morgan fingerprint density at radius 3 is 2.17 bits per heavy atom. The van der Waals surface area contributed by atoms with Gasteiger partial charge < -0.3 is 25.2 Å². The van der Waals surface area contributed by atoms with Crippen LogP contribution in [0, 0.1) is 0 Å². The number of methoxy groups -OCH3 is 1. The number of carbonyl (C=O) groups excluding carboxylic acids is 1. The molecule has 0 unspecified atom stereocenters. The zero-order valence-electron chi connectivity index (χ0n) is 30.2. The summed E-state index contributed by atoms with van der Waals surface area (Å²) in [6.45, 7) is 10.4. The van der Waals surface area contributed by atoms with E-state index in [9.17, 15) is 18.0 Å². The van der Waals surface area contributed by atoms with Crippen molar-refractivity contribution in [2.24, 2.45) is 10.7 Å². The molecular weight excluding hydrogens is 675 g/mol. The molecule has 4 rings (SSSR count). The number of amides is 1. The molecule has 4 N–H and O–H groups in total. The zero-order valence-corrected chi connectivity index (χ0v) is 30.2.